The van der Waals surface area contributed by atoms with E-state index in [0.717, 1.165) is 24.2 Å². The van der Waals surface area contributed by atoms with Crippen LogP contribution in [0.15, 0.2) is 28.9 Å². The van der Waals surface area contributed by atoms with Gasteiger partial charge in [-0.25, -0.2) is 0 Å². The van der Waals surface area contributed by atoms with Crippen molar-refractivity contribution in [3.8, 4) is 11.1 Å². The molecule has 0 spiro atoms. The summed E-state index contributed by atoms with van der Waals surface area (Å²) >= 11 is 0. The molecule has 2 aromatic rings. The molecule has 1 aliphatic rings. The molecule has 0 atom stereocenters. The molecule has 0 radical (unpaired) electrons. The zero-order chi connectivity index (χ0) is 11.0. The Balaban J connectivity index is 2.18. The monoisotopic (exact) mass is 216 g/mol. The van der Waals surface area contributed by atoms with Crippen LogP contribution in [0.1, 0.15) is 11.1 Å². The van der Waals surface area contributed by atoms with Crippen LogP contribution in [0.5, 0.6) is 0 Å². The molecule has 0 aliphatic carbocycles. The van der Waals surface area contributed by atoms with Crippen molar-refractivity contribution in [2.24, 2.45) is 0 Å². The second kappa shape index (κ2) is 3.64. The second-order valence-electron chi connectivity index (χ2n) is 3.85. The van der Waals surface area contributed by atoms with E-state index < -0.39 is 0 Å². The lowest BCUT2D eigenvalue weighted by molar-refractivity contribution is 0.111. The smallest absolute Gasteiger partial charge is 0.229 e. The van der Waals surface area contributed by atoms with Gasteiger partial charge in [0, 0.05) is 0 Å². The Morgan fingerprint density at radius 3 is 3.00 bits per heavy atom. The standard InChI is InChI=1S/C12H12N2O2/c13-12-10(6-14-16-12)9-3-1-2-8-4-5-15-7-11(8)9/h1-3,6H,4-5,7,13H2. The van der Waals surface area contributed by atoms with Crippen molar-refractivity contribution in [3.05, 3.63) is 35.5 Å². The highest BCUT2D eigenvalue weighted by Crippen LogP contribution is 2.32. The second-order valence-corrected chi connectivity index (χ2v) is 3.85. The van der Waals surface area contributed by atoms with Crippen molar-refractivity contribution in [1.29, 1.82) is 0 Å². The molecule has 0 saturated carbocycles. The minimum atomic E-state index is 0.360. The Labute approximate surface area is 93.0 Å². The van der Waals surface area contributed by atoms with E-state index >= 15 is 0 Å². The van der Waals surface area contributed by atoms with Gasteiger partial charge in [0.15, 0.2) is 0 Å². The summed E-state index contributed by atoms with van der Waals surface area (Å²) in [5.41, 5.74) is 10.2. The van der Waals surface area contributed by atoms with E-state index in [0.29, 0.717) is 12.5 Å². The van der Waals surface area contributed by atoms with Gasteiger partial charge in [-0.15, -0.1) is 0 Å². The van der Waals surface area contributed by atoms with Crippen molar-refractivity contribution in [3.63, 3.8) is 0 Å². The van der Waals surface area contributed by atoms with Crippen molar-refractivity contribution < 1.29 is 9.26 Å². The van der Waals surface area contributed by atoms with Gasteiger partial charge >= 0.3 is 0 Å². The lowest BCUT2D eigenvalue weighted by Crippen LogP contribution is -2.10. The highest BCUT2D eigenvalue weighted by atomic mass is 16.5. The summed E-state index contributed by atoms with van der Waals surface area (Å²) in [6, 6.07) is 6.19. The Bertz CT molecular complexity index is 519. The maximum atomic E-state index is 5.74. The molecule has 1 aromatic heterocycles. The minimum Gasteiger partial charge on any atom is -0.376 e. The van der Waals surface area contributed by atoms with Crippen molar-refractivity contribution in [1.82, 2.24) is 5.16 Å². The maximum absolute atomic E-state index is 5.74. The Kier molecular flexibility index (Phi) is 2.15. The molecule has 3 rings (SSSR count). The van der Waals surface area contributed by atoms with Gasteiger partial charge in [0.1, 0.15) is 0 Å². The van der Waals surface area contributed by atoms with E-state index in [9.17, 15) is 0 Å². The predicted molar refractivity (Wildman–Crippen MR) is 59.7 cm³/mol. The third-order valence-corrected chi connectivity index (χ3v) is 2.92. The molecular formula is C12H12N2O2. The fourth-order valence-electron chi connectivity index (χ4n) is 2.10. The SMILES string of the molecule is Nc1oncc1-c1cccc2c1COCC2. The first kappa shape index (κ1) is 9.42. The van der Waals surface area contributed by atoms with Gasteiger partial charge in [-0.1, -0.05) is 23.4 Å². The quantitative estimate of drug-likeness (QED) is 0.791. The van der Waals surface area contributed by atoms with E-state index in [2.05, 4.69) is 11.2 Å². The van der Waals surface area contributed by atoms with Gasteiger partial charge < -0.3 is 15.0 Å². The number of ether oxygens (including phenoxy) is 1. The fraction of sp³-hybridized carbons (Fsp3) is 0.250. The van der Waals surface area contributed by atoms with Gasteiger partial charge in [0.25, 0.3) is 0 Å². The highest BCUT2D eigenvalue weighted by Gasteiger charge is 2.17. The van der Waals surface area contributed by atoms with E-state index in [1.807, 2.05) is 12.1 Å². The zero-order valence-electron chi connectivity index (χ0n) is 8.77. The van der Waals surface area contributed by atoms with Gasteiger partial charge in [-0.05, 0) is 23.1 Å². The third kappa shape index (κ3) is 1.39. The van der Waals surface area contributed by atoms with Gasteiger partial charge in [-0.2, -0.15) is 0 Å². The number of nitrogens with zero attached hydrogens (tertiary/aromatic N) is 1. The topological polar surface area (TPSA) is 61.3 Å². The lowest BCUT2D eigenvalue weighted by Gasteiger charge is -2.19. The van der Waals surface area contributed by atoms with E-state index in [1.165, 1.54) is 11.1 Å². The van der Waals surface area contributed by atoms with Gasteiger partial charge in [0.05, 0.1) is 25.0 Å². The fourth-order valence-corrected chi connectivity index (χ4v) is 2.10. The van der Waals surface area contributed by atoms with Crippen molar-refractivity contribution in [2.45, 2.75) is 13.0 Å². The number of aromatic nitrogens is 1. The first-order chi connectivity index (χ1) is 7.86. The number of nitrogens with two attached hydrogens (primary N) is 1. The first-order valence-corrected chi connectivity index (χ1v) is 5.25. The number of fused-ring (bicyclic) bond motifs is 1. The van der Waals surface area contributed by atoms with Gasteiger partial charge in [-0.3, -0.25) is 0 Å². The molecule has 4 heteroatoms. The molecule has 0 fully saturated rings. The summed E-state index contributed by atoms with van der Waals surface area (Å²) < 4.78 is 10.4. The molecule has 2 N–H and O–H groups in total. The first-order valence-electron chi connectivity index (χ1n) is 5.25. The van der Waals surface area contributed by atoms with Crippen LogP contribution < -0.4 is 5.73 Å². The molecule has 0 unspecified atom stereocenters. The summed E-state index contributed by atoms with van der Waals surface area (Å²) in [6.45, 7) is 1.42. The van der Waals surface area contributed by atoms with Crippen LogP contribution in [0, 0.1) is 0 Å². The summed E-state index contributed by atoms with van der Waals surface area (Å²) in [5, 5.41) is 3.71. The Morgan fingerprint density at radius 1 is 1.25 bits per heavy atom. The molecular weight excluding hydrogens is 204 g/mol. The summed E-state index contributed by atoms with van der Waals surface area (Å²) in [7, 11) is 0. The van der Waals surface area contributed by atoms with Crippen LogP contribution in [0.2, 0.25) is 0 Å². The average molecular weight is 216 g/mol. The molecule has 82 valence electrons. The van der Waals surface area contributed by atoms with Crippen LogP contribution in [0.25, 0.3) is 11.1 Å². The molecule has 0 saturated heterocycles. The molecule has 1 aromatic carbocycles. The number of rotatable bonds is 1. The largest absolute Gasteiger partial charge is 0.376 e. The molecule has 16 heavy (non-hydrogen) atoms. The Hall–Kier alpha value is -1.81. The molecule has 0 amide bonds. The predicted octanol–water partition coefficient (Wildman–Crippen LogP) is 2.00. The number of hydrogen-bond acceptors (Lipinski definition) is 4. The summed E-state index contributed by atoms with van der Waals surface area (Å²) in [5.74, 6) is 0.360. The van der Waals surface area contributed by atoms with E-state index in [1.54, 1.807) is 6.20 Å². The van der Waals surface area contributed by atoms with Crippen LogP contribution >= 0.6 is 0 Å². The molecule has 0 bridgehead atoms. The summed E-state index contributed by atoms with van der Waals surface area (Å²) in [4.78, 5) is 0. The highest BCUT2D eigenvalue weighted by molar-refractivity contribution is 5.75. The molecule has 2 heterocycles. The molecule has 4 nitrogen and oxygen atoms in total. The maximum Gasteiger partial charge on any atom is 0.229 e. The Morgan fingerprint density at radius 2 is 2.19 bits per heavy atom. The summed E-state index contributed by atoms with van der Waals surface area (Å²) in [6.07, 6.45) is 2.61. The number of nitrogen functional groups attached to an aromatic ring is 1. The van der Waals surface area contributed by atoms with Crippen LogP contribution in [-0.4, -0.2) is 11.8 Å². The molecule has 1 aliphatic heterocycles. The van der Waals surface area contributed by atoms with Crippen LogP contribution in [-0.2, 0) is 17.8 Å². The number of benzene rings is 1. The average Bonchev–Trinajstić information content (AvgIpc) is 2.75. The number of anilines is 1. The van der Waals surface area contributed by atoms with Crippen LogP contribution in [0.4, 0.5) is 5.88 Å². The van der Waals surface area contributed by atoms with Crippen LogP contribution in [0.3, 0.4) is 0 Å². The van der Waals surface area contributed by atoms with E-state index in [4.69, 9.17) is 15.0 Å². The van der Waals surface area contributed by atoms with E-state index in [-0.39, 0.29) is 0 Å². The number of hydrogen-bond donors (Lipinski definition) is 1. The zero-order valence-corrected chi connectivity index (χ0v) is 8.77. The van der Waals surface area contributed by atoms with Crippen molar-refractivity contribution >= 4 is 5.88 Å². The van der Waals surface area contributed by atoms with Crippen molar-refractivity contribution in [2.75, 3.05) is 12.3 Å². The third-order valence-electron chi connectivity index (χ3n) is 2.92. The lowest BCUT2D eigenvalue weighted by atomic mass is 9.94. The van der Waals surface area contributed by atoms with Gasteiger partial charge in [0.2, 0.25) is 5.88 Å². The minimum absolute atomic E-state index is 0.360. The normalized spacial score (nSPS) is 14.8.